The van der Waals surface area contributed by atoms with Gasteiger partial charge in [0.25, 0.3) is 0 Å². The molecule has 4 rings (SSSR count). The first-order valence-electron chi connectivity index (χ1n) is 12.5. The molecule has 0 spiro atoms. The molecule has 0 aliphatic heterocycles. The Kier molecular flexibility index (Phi) is 7.75. The summed E-state index contributed by atoms with van der Waals surface area (Å²) in [6, 6.07) is 6.94. The first kappa shape index (κ1) is 23.1. The van der Waals surface area contributed by atoms with Gasteiger partial charge in [0.15, 0.2) is 11.6 Å². The van der Waals surface area contributed by atoms with Crippen LogP contribution in [0.2, 0.25) is 0 Å². The van der Waals surface area contributed by atoms with Gasteiger partial charge in [0.2, 0.25) is 0 Å². The van der Waals surface area contributed by atoms with Gasteiger partial charge < -0.3 is 0 Å². The molecule has 2 aliphatic rings. The number of fused-ring (bicyclic) bond motifs is 1. The van der Waals surface area contributed by atoms with E-state index < -0.39 is 11.6 Å². The predicted octanol–water partition coefficient (Wildman–Crippen LogP) is 9.27. The maximum atomic E-state index is 14.8. The summed E-state index contributed by atoms with van der Waals surface area (Å²) in [5.41, 5.74) is 4.17. The fraction of sp³-hybridized carbons (Fsp3) is 0.517. The first-order valence-corrected chi connectivity index (χ1v) is 12.5. The minimum absolute atomic E-state index is 0.343. The van der Waals surface area contributed by atoms with E-state index in [1.54, 1.807) is 6.07 Å². The second-order valence-corrected chi connectivity index (χ2v) is 9.88. The van der Waals surface area contributed by atoms with Crippen molar-refractivity contribution >= 4 is 6.08 Å². The van der Waals surface area contributed by atoms with Gasteiger partial charge in [0.05, 0.1) is 0 Å². The fourth-order valence-electron chi connectivity index (χ4n) is 5.54. The Morgan fingerprint density at radius 2 is 1.53 bits per heavy atom. The highest BCUT2D eigenvalue weighted by Crippen LogP contribution is 2.37. The van der Waals surface area contributed by atoms with Crippen LogP contribution >= 0.6 is 0 Å². The number of aryl methyl sites for hydroxylation is 1. The average molecular weight is 441 g/mol. The zero-order chi connectivity index (χ0) is 22.5. The van der Waals surface area contributed by atoms with Gasteiger partial charge in [0, 0.05) is 5.56 Å². The monoisotopic (exact) mass is 440 g/mol. The molecule has 3 heteroatoms. The Hall–Kier alpha value is -2.03. The number of hydrogen-bond donors (Lipinski definition) is 0. The molecule has 1 fully saturated rings. The first-order chi connectivity index (χ1) is 15.5. The van der Waals surface area contributed by atoms with E-state index in [0.717, 1.165) is 54.4 Å². The molecule has 172 valence electrons. The van der Waals surface area contributed by atoms with Crippen molar-refractivity contribution in [2.45, 2.75) is 84.0 Å². The molecule has 2 aromatic rings. The summed E-state index contributed by atoms with van der Waals surface area (Å²) in [4.78, 5) is 0. The van der Waals surface area contributed by atoms with Crippen LogP contribution in [0.5, 0.6) is 0 Å². The molecule has 2 aliphatic carbocycles. The van der Waals surface area contributed by atoms with Crippen LogP contribution in [0.15, 0.2) is 35.9 Å². The molecule has 0 amide bonds. The second-order valence-electron chi connectivity index (χ2n) is 9.88. The summed E-state index contributed by atoms with van der Waals surface area (Å²) >= 11 is 0. The van der Waals surface area contributed by atoms with Crippen molar-refractivity contribution in [2.24, 2.45) is 11.8 Å². The van der Waals surface area contributed by atoms with Crippen molar-refractivity contribution in [1.29, 1.82) is 0 Å². The number of allylic oxidation sites excluding steroid dienone is 1. The zero-order valence-electron chi connectivity index (χ0n) is 19.2. The Morgan fingerprint density at radius 1 is 0.781 bits per heavy atom. The predicted molar refractivity (Wildman–Crippen MR) is 127 cm³/mol. The van der Waals surface area contributed by atoms with E-state index in [4.69, 9.17) is 0 Å². The highest BCUT2D eigenvalue weighted by Gasteiger charge is 2.22. The van der Waals surface area contributed by atoms with Gasteiger partial charge in [-0.2, -0.15) is 0 Å². The van der Waals surface area contributed by atoms with Crippen molar-refractivity contribution in [3.05, 3.63) is 64.5 Å². The topological polar surface area (TPSA) is 0 Å². The van der Waals surface area contributed by atoms with E-state index in [1.165, 1.54) is 69.4 Å². The van der Waals surface area contributed by atoms with Gasteiger partial charge in [0.1, 0.15) is 5.82 Å². The molecule has 0 aromatic heterocycles. The van der Waals surface area contributed by atoms with E-state index in [0.29, 0.717) is 11.1 Å². The third-order valence-corrected chi connectivity index (χ3v) is 7.59. The Morgan fingerprint density at radius 3 is 2.25 bits per heavy atom. The van der Waals surface area contributed by atoms with E-state index in [2.05, 4.69) is 13.0 Å². The minimum Gasteiger partial charge on any atom is -0.206 e. The highest BCUT2D eigenvalue weighted by molar-refractivity contribution is 5.70. The van der Waals surface area contributed by atoms with Crippen LogP contribution in [0.4, 0.5) is 13.2 Å². The third kappa shape index (κ3) is 5.66. The molecule has 0 bridgehead atoms. The molecule has 0 nitrogen and oxygen atoms in total. The number of hydrogen-bond acceptors (Lipinski definition) is 0. The van der Waals surface area contributed by atoms with Gasteiger partial charge >= 0.3 is 0 Å². The van der Waals surface area contributed by atoms with Crippen LogP contribution in [0.25, 0.3) is 17.2 Å². The molecule has 0 heterocycles. The normalized spacial score (nSPS) is 20.7. The van der Waals surface area contributed by atoms with Crippen molar-refractivity contribution in [1.82, 2.24) is 0 Å². The molecule has 0 unspecified atom stereocenters. The number of rotatable bonds is 8. The van der Waals surface area contributed by atoms with Gasteiger partial charge in [-0.25, -0.2) is 13.2 Å². The standard InChI is InChI=1S/C29H35F3/c1-2-3-4-5-20-6-8-21(9-7-20)10-11-22-12-13-23-17-26(28(31)19-25(23)16-22)24-14-15-27(30)29(32)18-24/h14-21H,2-13H2,1H3. The van der Waals surface area contributed by atoms with E-state index in [9.17, 15) is 13.2 Å². The average Bonchev–Trinajstić information content (AvgIpc) is 2.80. The van der Waals surface area contributed by atoms with E-state index in [1.807, 2.05) is 6.07 Å². The number of halogens is 3. The van der Waals surface area contributed by atoms with Crippen LogP contribution in [0.3, 0.4) is 0 Å². The highest BCUT2D eigenvalue weighted by atomic mass is 19.2. The van der Waals surface area contributed by atoms with E-state index >= 15 is 0 Å². The van der Waals surface area contributed by atoms with Crippen LogP contribution < -0.4 is 0 Å². The molecule has 1 saturated carbocycles. The summed E-state index contributed by atoms with van der Waals surface area (Å²) in [5, 5.41) is 0. The smallest absolute Gasteiger partial charge is 0.159 e. The quantitative estimate of drug-likeness (QED) is 0.359. The fourth-order valence-corrected chi connectivity index (χ4v) is 5.54. The van der Waals surface area contributed by atoms with Crippen LogP contribution in [-0.4, -0.2) is 0 Å². The maximum absolute atomic E-state index is 14.8. The lowest BCUT2D eigenvalue weighted by Crippen LogP contribution is -2.15. The van der Waals surface area contributed by atoms with Gasteiger partial charge in [-0.05, 0) is 78.5 Å². The Labute approximate surface area is 190 Å². The van der Waals surface area contributed by atoms with Crippen LogP contribution in [-0.2, 0) is 6.42 Å². The summed E-state index contributed by atoms with van der Waals surface area (Å²) in [7, 11) is 0. The summed E-state index contributed by atoms with van der Waals surface area (Å²) in [6.07, 6.45) is 17.4. The molecular formula is C29H35F3. The van der Waals surface area contributed by atoms with Crippen molar-refractivity contribution in [2.75, 3.05) is 0 Å². The third-order valence-electron chi connectivity index (χ3n) is 7.59. The summed E-state index contributed by atoms with van der Waals surface area (Å²) in [5.74, 6) is -0.451. The van der Waals surface area contributed by atoms with Crippen LogP contribution in [0.1, 0.15) is 88.7 Å². The Bertz CT molecular complexity index is 951. The molecule has 2 aromatic carbocycles. The summed E-state index contributed by atoms with van der Waals surface area (Å²) < 4.78 is 41.7. The lowest BCUT2D eigenvalue weighted by atomic mass is 9.77. The van der Waals surface area contributed by atoms with Crippen molar-refractivity contribution in [3.63, 3.8) is 0 Å². The zero-order valence-corrected chi connectivity index (χ0v) is 19.2. The summed E-state index contributed by atoms with van der Waals surface area (Å²) in [6.45, 7) is 2.27. The number of benzene rings is 2. The molecule has 32 heavy (non-hydrogen) atoms. The lowest BCUT2D eigenvalue weighted by molar-refractivity contribution is 0.249. The molecule has 0 radical (unpaired) electrons. The van der Waals surface area contributed by atoms with E-state index in [-0.39, 0.29) is 5.82 Å². The lowest BCUT2D eigenvalue weighted by Gasteiger charge is -2.29. The van der Waals surface area contributed by atoms with Gasteiger partial charge in [-0.3, -0.25) is 0 Å². The maximum Gasteiger partial charge on any atom is 0.159 e. The second kappa shape index (κ2) is 10.7. The molecule has 0 atom stereocenters. The van der Waals surface area contributed by atoms with Crippen molar-refractivity contribution in [3.8, 4) is 11.1 Å². The van der Waals surface area contributed by atoms with Crippen LogP contribution in [0, 0.1) is 29.3 Å². The molecular weight excluding hydrogens is 405 g/mol. The van der Waals surface area contributed by atoms with Gasteiger partial charge in [-0.1, -0.05) is 76.0 Å². The molecule has 0 saturated heterocycles. The largest absolute Gasteiger partial charge is 0.206 e. The van der Waals surface area contributed by atoms with Gasteiger partial charge in [-0.15, -0.1) is 0 Å². The number of unbranched alkanes of at least 4 members (excludes halogenated alkanes) is 2. The molecule has 0 N–H and O–H groups in total. The SMILES string of the molecule is CCCCCC1CCC(CCC2=Cc3cc(F)c(-c4ccc(F)c(F)c4)cc3CC2)CC1. The Balaban J connectivity index is 1.35. The van der Waals surface area contributed by atoms with Crippen molar-refractivity contribution < 1.29 is 13.2 Å². The minimum atomic E-state index is -0.947.